The van der Waals surface area contributed by atoms with Crippen molar-refractivity contribution >= 4 is 7.82 Å². The minimum absolute atomic E-state index is 0.323. The van der Waals surface area contributed by atoms with Gasteiger partial charge >= 0.3 is 7.82 Å². The van der Waals surface area contributed by atoms with Crippen molar-refractivity contribution in [1.82, 2.24) is 0 Å². The second-order valence-electron chi connectivity index (χ2n) is 4.54. The molecule has 1 atom stereocenters. The van der Waals surface area contributed by atoms with Gasteiger partial charge in [0.25, 0.3) is 0 Å². The van der Waals surface area contributed by atoms with Crippen molar-refractivity contribution in [3.63, 3.8) is 0 Å². The molecule has 0 spiro atoms. The second-order valence-corrected chi connectivity index (χ2v) is 6.21. The van der Waals surface area contributed by atoms with Crippen molar-refractivity contribution in [2.45, 2.75) is 47.5 Å². The lowest BCUT2D eigenvalue weighted by Crippen LogP contribution is -2.07. The molecule has 0 radical (unpaired) electrons. The third-order valence-electron chi connectivity index (χ3n) is 2.30. The van der Waals surface area contributed by atoms with E-state index in [1.165, 1.54) is 5.57 Å². The lowest BCUT2D eigenvalue weighted by Gasteiger charge is -2.18. The van der Waals surface area contributed by atoms with Crippen LogP contribution in [0.2, 0.25) is 0 Å². The molecule has 0 aliphatic carbocycles. The Morgan fingerprint density at radius 1 is 1.17 bits per heavy atom. The van der Waals surface area contributed by atoms with Crippen LogP contribution in [-0.2, 0) is 18.1 Å². The molecule has 0 saturated heterocycles. The highest BCUT2D eigenvalue weighted by Gasteiger charge is 2.25. The fourth-order valence-electron chi connectivity index (χ4n) is 1.39. The summed E-state index contributed by atoms with van der Waals surface area (Å²) in [4.78, 5) is 0. The van der Waals surface area contributed by atoms with Gasteiger partial charge in [0.05, 0.1) is 19.8 Å². The summed E-state index contributed by atoms with van der Waals surface area (Å²) in [6.45, 7) is 10.8. The van der Waals surface area contributed by atoms with Crippen molar-refractivity contribution in [3.8, 4) is 0 Å². The number of hydrogen-bond acceptors (Lipinski definition) is 4. The Morgan fingerprint density at radius 2 is 1.72 bits per heavy atom. The van der Waals surface area contributed by atoms with Crippen LogP contribution < -0.4 is 0 Å². The summed E-state index contributed by atoms with van der Waals surface area (Å²) < 4.78 is 27.5. The summed E-state index contributed by atoms with van der Waals surface area (Å²) in [5.74, 6) is 0.329. The van der Waals surface area contributed by atoms with Gasteiger partial charge in [-0.25, -0.2) is 4.57 Å². The topological polar surface area (TPSA) is 44.8 Å². The lowest BCUT2D eigenvalue weighted by molar-refractivity contribution is 0.108. The van der Waals surface area contributed by atoms with Gasteiger partial charge in [-0.3, -0.25) is 13.6 Å². The fourth-order valence-corrected chi connectivity index (χ4v) is 2.68. The zero-order valence-corrected chi connectivity index (χ0v) is 13.2. The molecule has 0 aromatic heterocycles. The molecule has 0 aromatic rings. The van der Waals surface area contributed by atoms with E-state index in [0.29, 0.717) is 25.7 Å². The minimum Gasteiger partial charge on any atom is -0.287 e. The average molecular weight is 278 g/mol. The van der Waals surface area contributed by atoms with Crippen LogP contribution in [0.4, 0.5) is 0 Å². The highest BCUT2D eigenvalue weighted by atomic mass is 31.2. The molecule has 0 bridgehead atoms. The van der Waals surface area contributed by atoms with Gasteiger partial charge in [-0.1, -0.05) is 18.6 Å². The van der Waals surface area contributed by atoms with E-state index in [2.05, 4.69) is 26.8 Å². The number of phosphoric ester groups is 1. The second kappa shape index (κ2) is 9.74. The molecule has 0 rings (SSSR count). The average Bonchev–Trinajstić information content (AvgIpc) is 2.27. The van der Waals surface area contributed by atoms with Gasteiger partial charge in [-0.15, -0.1) is 0 Å². The first-order valence-electron chi connectivity index (χ1n) is 6.60. The van der Waals surface area contributed by atoms with Crippen LogP contribution in [0.15, 0.2) is 11.6 Å². The molecule has 0 saturated carbocycles. The Balaban J connectivity index is 4.03. The Hall–Kier alpha value is -0.150. The van der Waals surface area contributed by atoms with Crippen LogP contribution in [0.5, 0.6) is 0 Å². The Kier molecular flexibility index (Phi) is 9.66. The highest BCUT2D eigenvalue weighted by Crippen LogP contribution is 2.49. The third-order valence-corrected chi connectivity index (χ3v) is 3.92. The van der Waals surface area contributed by atoms with Crippen molar-refractivity contribution in [3.05, 3.63) is 11.6 Å². The third kappa shape index (κ3) is 8.87. The van der Waals surface area contributed by atoms with Gasteiger partial charge in [-0.2, -0.15) is 0 Å². The van der Waals surface area contributed by atoms with Crippen molar-refractivity contribution in [2.75, 3.05) is 19.8 Å². The van der Waals surface area contributed by atoms with Crippen LogP contribution >= 0.6 is 7.82 Å². The number of hydrogen-bond donors (Lipinski definition) is 0. The van der Waals surface area contributed by atoms with Gasteiger partial charge < -0.3 is 0 Å². The number of allylic oxidation sites excluding steroid dienone is 2. The zero-order chi connectivity index (χ0) is 14.0. The van der Waals surface area contributed by atoms with E-state index < -0.39 is 7.82 Å². The fraction of sp³-hybridized carbons (Fsp3) is 0.846. The van der Waals surface area contributed by atoms with E-state index in [0.717, 1.165) is 12.8 Å². The van der Waals surface area contributed by atoms with E-state index in [-0.39, 0.29) is 0 Å². The largest absolute Gasteiger partial charge is 0.474 e. The van der Waals surface area contributed by atoms with E-state index in [1.807, 2.05) is 0 Å². The minimum atomic E-state index is -3.34. The summed E-state index contributed by atoms with van der Waals surface area (Å²) >= 11 is 0. The van der Waals surface area contributed by atoms with Crippen molar-refractivity contribution in [1.29, 1.82) is 0 Å². The summed E-state index contributed by atoms with van der Waals surface area (Å²) in [6.07, 6.45) is 4.21. The molecule has 1 unspecified atom stereocenters. The number of phosphoric acid groups is 1. The molecule has 0 heterocycles. The van der Waals surface area contributed by atoms with E-state index in [4.69, 9.17) is 13.6 Å². The Labute approximate surface area is 111 Å². The van der Waals surface area contributed by atoms with Crippen LogP contribution in [0, 0.1) is 5.92 Å². The molecule has 5 heteroatoms. The molecule has 0 aliphatic rings. The molecular formula is C13H27O4P. The van der Waals surface area contributed by atoms with Gasteiger partial charge in [0.2, 0.25) is 0 Å². The first-order chi connectivity index (χ1) is 8.43. The SMILES string of the molecule is CCOP(=O)(OCC)OCC(C)CCC=C(C)C. The maximum Gasteiger partial charge on any atom is 0.474 e. The van der Waals surface area contributed by atoms with Gasteiger partial charge in [-0.05, 0) is 46.5 Å². The normalized spacial score (nSPS) is 13.4. The number of rotatable bonds is 10. The van der Waals surface area contributed by atoms with Gasteiger partial charge in [0, 0.05) is 0 Å². The summed E-state index contributed by atoms with van der Waals surface area (Å²) in [6, 6.07) is 0. The monoisotopic (exact) mass is 278 g/mol. The Bertz CT molecular complexity index is 275. The van der Waals surface area contributed by atoms with Crippen molar-refractivity contribution < 1.29 is 18.1 Å². The smallest absolute Gasteiger partial charge is 0.287 e. The highest BCUT2D eigenvalue weighted by molar-refractivity contribution is 7.48. The molecule has 0 amide bonds. The standard InChI is InChI=1S/C13H27O4P/c1-6-15-18(14,16-7-2)17-11-13(5)10-8-9-12(3)4/h9,13H,6-8,10-11H2,1-5H3. The van der Waals surface area contributed by atoms with Crippen LogP contribution in [0.3, 0.4) is 0 Å². The molecule has 0 aromatic carbocycles. The molecular weight excluding hydrogens is 251 g/mol. The summed E-state index contributed by atoms with van der Waals surface area (Å²) in [5, 5.41) is 0. The van der Waals surface area contributed by atoms with E-state index >= 15 is 0 Å². The van der Waals surface area contributed by atoms with Crippen LogP contribution in [0.1, 0.15) is 47.5 Å². The lowest BCUT2D eigenvalue weighted by atomic mass is 10.1. The zero-order valence-electron chi connectivity index (χ0n) is 12.3. The van der Waals surface area contributed by atoms with Gasteiger partial charge in [0.1, 0.15) is 0 Å². The predicted octanol–water partition coefficient (Wildman–Crippen LogP) is 4.57. The molecule has 108 valence electrons. The van der Waals surface area contributed by atoms with E-state index in [9.17, 15) is 4.57 Å². The molecule has 18 heavy (non-hydrogen) atoms. The molecule has 0 fully saturated rings. The maximum absolute atomic E-state index is 12.0. The van der Waals surface area contributed by atoms with Crippen LogP contribution in [-0.4, -0.2) is 19.8 Å². The first kappa shape index (κ1) is 17.8. The van der Waals surface area contributed by atoms with Crippen LogP contribution in [0.25, 0.3) is 0 Å². The molecule has 0 N–H and O–H groups in total. The first-order valence-corrected chi connectivity index (χ1v) is 8.06. The quantitative estimate of drug-likeness (QED) is 0.434. The van der Waals surface area contributed by atoms with Gasteiger partial charge in [0.15, 0.2) is 0 Å². The summed E-state index contributed by atoms with van der Waals surface area (Å²) in [5.41, 5.74) is 1.32. The Morgan fingerprint density at radius 3 is 2.17 bits per heavy atom. The van der Waals surface area contributed by atoms with Crippen molar-refractivity contribution in [2.24, 2.45) is 5.92 Å². The summed E-state index contributed by atoms with van der Waals surface area (Å²) in [7, 11) is -3.34. The maximum atomic E-state index is 12.0. The van der Waals surface area contributed by atoms with E-state index in [1.54, 1.807) is 13.8 Å². The molecule has 0 aliphatic heterocycles. The molecule has 4 nitrogen and oxygen atoms in total. The predicted molar refractivity (Wildman–Crippen MR) is 74.6 cm³/mol.